The van der Waals surface area contributed by atoms with Crippen LogP contribution in [0.4, 0.5) is 0 Å². The number of nitrogens with zero attached hydrogens (tertiary/aromatic N) is 5. The van der Waals surface area contributed by atoms with Crippen molar-refractivity contribution in [1.29, 1.82) is 0 Å². The largest absolute Gasteiger partial charge is 0.247 e. The van der Waals surface area contributed by atoms with E-state index in [-0.39, 0.29) is 0 Å². The van der Waals surface area contributed by atoms with Gasteiger partial charge in [-0.15, -0.1) is 0 Å². The van der Waals surface area contributed by atoms with Crippen molar-refractivity contribution in [1.82, 2.24) is 23.7 Å². The normalized spacial score (nSPS) is 11.4. The highest BCUT2D eigenvalue weighted by atomic mass is 32.1. The highest BCUT2D eigenvalue weighted by Crippen LogP contribution is 2.38. The van der Waals surface area contributed by atoms with Crippen LogP contribution in [0.3, 0.4) is 0 Å². The highest BCUT2D eigenvalue weighted by molar-refractivity contribution is 7.00. The molecule has 10 rings (SSSR count). The van der Waals surface area contributed by atoms with E-state index < -0.39 is 0 Å². The minimum absolute atomic E-state index is 0.683. The monoisotopic (exact) mass is 695 g/mol. The molecule has 0 unspecified atom stereocenters. The number of pyridine rings is 1. The van der Waals surface area contributed by atoms with E-state index in [1.54, 1.807) is 0 Å². The van der Waals surface area contributed by atoms with Crippen LogP contribution < -0.4 is 0 Å². The van der Waals surface area contributed by atoms with Gasteiger partial charge in [0.15, 0.2) is 5.82 Å². The number of benzene rings is 7. The van der Waals surface area contributed by atoms with E-state index in [1.165, 1.54) is 11.7 Å². The van der Waals surface area contributed by atoms with E-state index in [9.17, 15) is 0 Å². The molecule has 0 fully saturated rings. The van der Waals surface area contributed by atoms with Crippen LogP contribution in [-0.2, 0) is 0 Å². The molecule has 10 aromatic rings. The molecule has 0 aliphatic heterocycles. The lowest BCUT2D eigenvalue weighted by Gasteiger charge is -2.13. The van der Waals surface area contributed by atoms with Gasteiger partial charge < -0.3 is 0 Å². The smallest absolute Gasteiger partial charge is 0.160 e. The fourth-order valence-electron chi connectivity index (χ4n) is 7.14. The average Bonchev–Trinajstić information content (AvgIpc) is 3.73. The summed E-state index contributed by atoms with van der Waals surface area (Å²) < 4.78 is 9.28. The Kier molecular flexibility index (Phi) is 7.59. The lowest BCUT2D eigenvalue weighted by Crippen LogP contribution is -1.96. The maximum atomic E-state index is 5.29. The maximum absolute atomic E-state index is 5.29. The van der Waals surface area contributed by atoms with Gasteiger partial charge in [0, 0.05) is 38.4 Å². The van der Waals surface area contributed by atoms with Crippen LogP contribution in [0.25, 0.3) is 100 Å². The molecule has 0 amide bonds. The molecule has 3 aromatic heterocycles. The Morgan fingerprint density at radius 1 is 0.340 bits per heavy atom. The summed E-state index contributed by atoms with van der Waals surface area (Å²) >= 11 is 1.25. The summed E-state index contributed by atoms with van der Waals surface area (Å²) in [6.45, 7) is 0. The minimum atomic E-state index is 0.683. The molecule has 7 aromatic carbocycles. The third-order valence-corrected chi connectivity index (χ3v) is 10.3. The van der Waals surface area contributed by atoms with Crippen LogP contribution in [0.1, 0.15) is 0 Å². The molecule has 53 heavy (non-hydrogen) atoms. The fraction of sp³-hybridized carbons (Fsp3) is 0. The molecule has 0 saturated carbocycles. The van der Waals surface area contributed by atoms with Crippen molar-refractivity contribution >= 4 is 44.4 Å². The summed E-state index contributed by atoms with van der Waals surface area (Å²) in [5, 5.41) is 3.21. The summed E-state index contributed by atoms with van der Waals surface area (Å²) in [5.74, 6) is 0.683. The zero-order chi connectivity index (χ0) is 35.1. The standard InChI is InChI=1S/C47H29N5S/c1-4-12-30(13-5-1)33-18-11-21-37(27-33)47-49-41(31-14-6-2-7-15-31)29-42(50-47)36-20-10-19-34(26-36)35-22-23-38-43(28-35)48-45(32-16-8-3-9-17-32)39-24-25-40-46(44(38)39)52-53-51-40/h1-29H. The fourth-order valence-corrected chi connectivity index (χ4v) is 7.68. The lowest BCUT2D eigenvalue weighted by molar-refractivity contribution is 1.18. The topological polar surface area (TPSA) is 64.5 Å². The van der Waals surface area contributed by atoms with Gasteiger partial charge in [0.1, 0.15) is 11.0 Å². The molecule has 0 spiro atoms. The van der Waals surface area contributed by atoms with E-state index in [2.05, 4.69) is 144 Å². The van der Waals surface area contributed by atoms with Crippen molar-refractivity contribution in [3.05, 3.63) is 176 Å². The number of hydrogen-bond acceptors (Lipinski definition) is 6. The molecule has 248 valence electrons. The molecule has 0 bridgehead atoms. The molecule has 6 heteroatoms. The van der Waals surface area contributed by atoms with Gasteiger partial charge in [0.25, 0.3) is 0 Å². The maximum Gasteiger partial charge on any atom is 0.160 e. The summed E-state index contributed by atoms with van der Waals surface area (Å²) in [4.78, 5) is 15.6. The van der Waals surface area contributed by atoms with Crippen LogP contribution in [-0.4, -0.2) is 23.7 Å². The summed E-state index contributed by atoms with van der Waals surface area (Å²) in [6, 6.07) is 60.9. The molecule has 0 atom stereocenters. The second kappa shape index (κ2) is 13.0. The van der Waals surface area contributed by atoms with E-state index in [4.69, 9.17) is 19.3 Å². The lowest BCUT2D eigenvalue weighted by atomic mass is 9.96. The molecule has 0 aliphatic carbocycles. The predicted molar refractivity (Wildman–Crippen MR) is 218 cm³/mol. The Morgan fingerprint density at radius 3 is 1.66 bits per heavy atom. The van der Waals surface area contributed by atoms with Gasteiger partial charge in [-0.3, -0.25) is 0 Å². The van der Waals surface area contributed by atoms with Gasteiger partial charge in [0.2, 0.25) is 0 Å². The van der Waals surface area contributed by atoms with Gasteiger partial charge in [-0.1, -0.05) is 140 Å². The molecular formula is C47H29N5S. The van der Waals surface area contributed by atoms with Gasteiger partial charge in [0.05, 0.1) is 34.3 Å². The Balaban J connectivity index is 1.11. The summed E-state index contributed by atoms with van der Waals surface area (Å²) in [7, 11) is 0. The van der Waals surface area contributed by atoms with E-state index >= 15 is 0 Å². The van der Waals surface area contributed by atoms with Gasteiger partial charge in [-0.2, -0.15) is 8.75 Å². The van der Waals surface area contributed by atoms with Crippen LogP contribution in [0.15, 0.2) is 176 Å². The third kappa shape index (κ3) is 5.72. The highest BCUT2D eigenvalue weighted by Gasteiger charge is 2.17. The first-order valence-corrected chi connectivity index (χ1v) is 18.2. The molecular weight excluding hydrogens is 667 g/mol. The molecule has 0 aliphatic rings. The van der Waals surface area contributed by atoms with E-state index in [0.717, 1.165) is 94.3 Å². The quantitative estimate of drug-likeness (QED) is 0.162. The van der Waals surface area contributed by atoms with Crippen molar-refractivity contribution in [2.45, 2.75) is 0 Å². The van der Waals surface area contributed by atoms with Crippen LogP contribution in [0, 0.1) is 0 Å². The molecule has 5 nitrogen and oxygen atoms in total. The van der Waals surface area contributed by atoms with Crippen molar-refractivity contribution in [2.75, 3.05) is 0 Å². The number of aromatic nitrogens is 5. The number of rotatable bonds is 6. The molecule has 0 saturated heterocycles. The first-order chi connectivity index (χ1) is 26.2. The van der Waals surface area contributed by atoms with Crippen LogP contribution in [0.5, 0.6) is 0 Å². The second-order valence-corrected chi connectivity index (χ2v) is 13.6. The van der Waals surface area contributed by atoms with Gasteiger partial charge in [-0.25, -0.2) is 15.0 Å². The molecule has 0 N–H and O–H groups in total. The first kappa shape index (κ1) is 30.9. The second-order valence-electron chi connectivity index (χ2n) is 13.0. The molecule has 3 heterocycles. The Hall–Kier alpha value is -6.89. The van der Waals surface area contributed by atoms with Crippen molar-refractivity contribution in [2.24, 2.45) is 0 Å². The first-order valence-electron chi connectivity index (χ1n) is 17.5. The predicted octanol–water partition coefficient (Wildman–Crippen LogP) is 12.2. The van der Waals surface area contributed by atoms with Crippen LogP contribution >= 0.6 is 11.7 Å². The van der Waals surface area contributed by atoms with E-state index in [1.807, 2.05) is 36.4 Å². The zero-order valence-electron chi connectivity index (χ0n) is 28.4. The SMILES string of the molecule is c1ccc(-c2cccc(-c3nc(-c4ccccc4)cc(-c4cccc(-c5ccc6c(c5)nc(-c5ccccc5)c5ccc7nsnc7c56)c4)n3)c2)cc1. The molecule has 0 radical (unpaired) electrons. The van der Waals surface area contributed by atoms with Crippen LogP contribution in [0.2, 0.25) is 0 Å². The zero-order valence-corrected chi connectivity index (χ0v) is 29.2. The third-order valence-electron chi connectivity index (χ3n) is 9.74. The Labute approximate surface area is 310 Å². The number of hydrogen-bond donors (Lipinski definition) is 0. The number of fused-ring (bicyclic) bond motifs is 5. The van der Waals surface area contributed by atoms with Gasteiger partial charge in [-0.05, 0) is 58.7 Å². The van der Waals surface area contributed by atoms with Crippen molar-refractivity contribution in [3.8, 4) is 67.4 Å². The van der Waals surface area contributed by atoms with Gasteiger partial charge >= 0.3 is 0 Å². The average molecular weight is 696 g/mol. The summed E-state index contributed by atoms with van der Waals surface area (Å²) in [5.41, 5.74) is 13.9. The Bertz CT molecular complexity index is 2940. The van der Waals surface area contributed by atoms with Crippen molar-refractivity contribution < 1.29 is 0 Å². The summed E-state index contributed by atoms with van der Waals surface area (Å²) in [6.07, 6.45) is 0. The minimum Gasteiger partial charge on any atom is -0.247 e. The Morgan fingerprint density at radius 2 is 0.906 bits per heavy atom. The van der Waals surface area contributed by atoms with E-state index in [0.29, 0.717) is 5.82 Å². The van der Waals surface area contributed by atoms with Crippen molar-refractivity contribution in [3.63, 3.8) is 0 Å².